The highest BCUT2D eigenvalue weighted by Gasteiger charge is 2.47. The first-order chi connectivity index (χ1) is 18.6. The minimum atomic E-state index is -3.64. The summed E-state index contributed by atoms with van der Waals surface area (Å²) in [4.78, 5) is 27.9. The Hall–Kier alpha value is -3.08. The molecule has 0 radical (unpaired) electrons. The van der Waals surface area contributed by atoms with Gasteiger partial charge in [-0.1, -0.05) is 34.4 Å². The maximum Gasteiger partial charge on any atom is 0.344 e. The lowest BCUT2D eigenvalue weighted by Gasteiger charge is -2.33. The van der Waals surface area contributed by atoms with E-state index in [0.717, 1.165) is 31.2 Å². The second-order valence-corrected chi connectivity index (χ2v) is 12.9. The normalized spacial score (nSPS) is 22.2. The second-order valence-electron chi connectivity index (χ2n) is 10.4. The van der Waals surface area contributed by atoms with Crippen molar-refractivity contribution in [2.75, 3.05) is 17.7 Å². The number of sulfonamides is 1. The molecule has 3 atom stereocenters. The summed E-state index contributed by atoms with van der Waals surface area (Å²) in [6.45, 7) is 0.694. The third-order valence-corrected chi connectivity index (χ3v) is 8.73. The van der Waals surface area contributed by atoms with Gasteiger partial charge in [-0.05, 0) is 55.7 Å². The van der Waals surface area contributed by atoms with Gasteiger partial charge in [0.1, 0.15) is 17.4 Å². The first-order valence-corrected chi connectivity index (χ1v) is 15.3. The number of carbonyl (C=O) groups excluding carboxylic acids is 2. The molecule has 12 heteroatoms. The van der Waals surface area contributed by atoms with Gasteiger partial charge in [0.15, 0.2) is 5.76 Å². The number of rotatable bonds is 7. The number of esters is 1. The Balaban J connectivity index is 1.16. The molecule has 0 spiro atoms. The Labute approximate surface area is 235 Å². The molecule has 204 valence electrons. The quantitative estimate of drug-likeness (QED) is 0.381. The van der Waals surface area contributed by atoms with E-state index < -0.39 is 21.9 Å². The molecule has 3 aliphatic rings. The van der Waals surface area contributed by atoms with Gasteiger partial charge in [0.05, 0.1) is 16.3 Å². The average molecular weight is 590 g/mol. The van der Waals surface area contributed by atoms with Crippen molar-refractivity contribution in [3.63, 3.8) is 0 Å². The predicted molar refractivity (Wildman–Crippen MR) is 146 cm³/mol. The van der Waals surface area contributed by atoms with E-state index in [1.165, 1.54) is 0 Å². The highest BCUT2D eigenvalue weighted by atomic mass is 35.5. The highest BCUT2D eigenvalue weighted by Crippen LogP contribution is 2.47. The van der Waals surface area contributed by atoms with Crippen LogP contribution in [0.25, 0.3) is 11.3 Å². The van der Waals surface area contributed by atoms with Gasteiger partial charge in [0.25, 0.3) is 5.91 Å². The molecule has 1 aliphatic heterocycles. The lowest BCUT2D eigenvalue weighted by molar-refractivity contribution is 0.0191. The van der Waals surface area contributed by atoms with Gasteiger partial charge in [-0.3, -0.25) is 4.79 Å². The Bertz CT molecular complexity index is 1550. The summed E-state index contributed by atoms with van der Waals surface area (Å²) in [5, 5.41) is 4.94. The van der Waals surface area contributed by atoms with Crippen LogP contribution in [0.4, 0.5) is 5.69 Å². The standard InChI is InChI=1S/C27H25Cl2N3O6S/c1-39(35,36)31-26(33)15-7-9-17(10-8-15)32-13-16-11-18(32)12-21(16)37-27(34)23-24(30-38-25(23)14-5-6-14)22-19(28)3-2-4-20(22)29/h2-4,7-10,14,16,18,21H,5-6,11-13H2,1H3,(H,31,33)/t16-,18-,21+/m0/s1. The molecular formula is C27H25Cl2N3O6S. The van der Waals surface area contributed by atoms with Crippen molar-refractivity contribution in [2.45, 2.75) is 43.7 Å². The molecule has 1 aromatic heterocycles. The number of anilines is 1. The van der Waals surface area contributed by atoms with Crippen molar-refractivity contribution >= 4 is 50.8 Å². The molecule has 0 unspecified atom stereocenters. The van der Waals surface area contributed by atoms with Gasteiger partial charge in [-0.15, -0.1) is 0 Å². The number of piperidine rings is 1. The zero-order valence-corrected chi connectivity index (χ0v) is 23.2. The smallest absolute Gasteiger partial charge is 0.344 e. The molecule has 3 fully saturated rings. The molecule has 2 aliphatic carbocycles. The van der Waals surface area contributed by atoms with Crippen LogP contribution in [0.5, 0.6) is 0 Å². The predicted octanol–water partition coefficient (Wildman–Crippen LogP) is 5.04. The summed E-state index contributed by atoms with van der Waals surface area (Å²) in [6.07, 6.45) is 4.06. The minimum absolute atomic E-state index is 0.132. The van der Waals surface area contributed by atoms with E-state index in [-0.39, 0.29) is 29.5 Å². The number of nitrogens with one attached hydrogen (secondary N) is 1. The van der Waals surface area contributed by atoms with Gasteiger partial charge in [-0.2, -0.15) is 0 Å². The molecule has 39 heavy (non-hydrogen) atoms. The number of hydrogen-bond donors (Lipinski definition) is 1. The number of benzene rings is 2. The van der Waals surface area contributed by atoms with E-state index >= 15 is 0 Å². The number of nitrogens with zero attached hydrogens (tertiary/aromatic N) is 2. The topological polar surface area (TPSA) is 119 Å². The fourth-order valence-electron chi connectivity index (χ4n) is 5.61. The number of aromatic nitrogens is 1. The molecule has 1 amide bonds. The zero-order chi connectivity index (χ0) is 27.5. The zero-order valence-electron chi connectivity index (χ0n) is 20.9. The maximum absolute atomic E-state index is 13.6. The van der Waals surface area contributed by atoms with Crippen LogP contribution in [-0.2, 0) is 14.8 Å². The third-order valence-electron chi connectivity index (χ3n) is 7.54. The fraction of sp³-hybridized carbons (Fsp3) is 0.370. The molecule has 2 heterocycles. The van der Waals surface area contributed by atoms with Crippen LogP contribution < -0.4 is 9.62 Å². The molecule has 3 aromatic rings. The van der Waals surface area contributed by atoms with E-state index in [1.807, 2.05) is 4.72 Å². The van der Waals surface area contributed by atoms with Gasteiger partial charge in [-0.25, -0.2) is 17.9 Å². The lowest BCUT2D eigenvalue weighted by atomic mass is 10.0. The lowest BCUT2D eigenvalue weighted by Crippen LogP contribution is -2.39. The first kappa shape index (κ1) is 26.2. The van der Waals surface area contributed by atoms with Crippen LogP contribution >= 0.6 is 23.2 Å². The van der Waals surface area contributed by atoms with Crippen molar-refractivity contribution in [1.82, 2.24) is 9.88 Å². The van der Waals surface area contributed by atoms with Crippen LogP contribution in [0.3, 0.4) is 0 Å². The van der Waals surface area contributed by atoms with Crippen LogP contribution in [0, 0.1) is 5.92 Å². The maximum atomic E-state index is 13.6. The van der Waals surface area contributed by atoms with E-state index in [0.29, 0.717) is 45.6 Å². The molecule has 2 aromatic carbocycles. The fourth-order valence-corrected chi connectivity index (χ4v) is 6.64. The first-order valence-electron chi connectivity index (χ1n) is 12.6. The molecule has 2 bridgehead atoms. The Morgan fingerprint density at radius 3 is 2.36 bits per heavy atom. The van der Waals surface area contributed by atoms with Gasteiger partial charge >= 0.3 is 5.97 Å². The monoisotopic (exact) mass is 589 g/mol. The van der Waals surface area contributed by atoms with Crippen molar-refractivity contribution in [1.29, 1.82) is 0 Å². The van der Waals surface area contributed by atoms with Crippen molar-refractivity contribution < 1.29 is 27.3 Å². The number of halogens is 2. The van der Waals surface area contributed by atoms with Crippen LogP contribution in [-0.4, -0.2) is 50.4 Å². The second kappa shape index (κ2) is 9.83. The number of amides is 1. The van der Waals surface area contributed by atoms with E-state index in [2.05, 4.69) is 10.1 Å². The van der Waals surface area contributed by atoms with Gasteiger partial charge < -0.3 is 14.2 Å². The van der Waals surface area contributed by atoms with Crippen molar-refractivity contribution in [3.05, 3.63) is 69.4 Å². The molecular weight excluding hydrogens is 565 g/mol. The van der Waals surface area contributed by atoms with E-state index in [9.17, 15) is 18.0 Å². The van der Waals surface area contributed by atoms with Crippen LogP contribution in [0.2, 0.25) is 10.0 Å². The highest BCUT2D eigenvalue weighted by molar-refractivity contribution is 7.89. The average Bonchev–Trinajstić information content (AvgIpc) is 3.32. The molecule has 9 nitrogen and oxygen atoms in total. The summed E-state index contributed by atoms with van der Waals surface area (Å²) in [5.74, 6) is -0.349. The van der Waals surface area contributed by atoms with E-state index in [1.54, 1.807) is 42.5 Å². The molecule has 1 saturated heterocycles. The summed E-state index contributed by atoms with van der Waals surface area (Å²) in [6, 6.07) is 12.1. The van der Waals surface area contributed by atoms with Crippen LogP contribution in [0.15, 0.2) is 47.0 Å². The van der Waals surface area contributed by atoms with Crippen LogP contribution in [0.1, 0.15) is 58.1 Å². The molecule has 2 saturated carbocycles. The SMILES string of the molecule is CS(=O)(=O)NC(=O)c1ccc(N2C[C@@H]3C[C@H]2C[C@H]3OC(=O)c2c(-c3c(Cl)cccc3Cl)noc2C2CC2)cc1. The third kappa shape index (κ3) is 5.13. The number of carbonyl (C=O) groups is 2. The van der Waals surface area contributed by atoms with Gasteiger partial charge in [0.2, 0.25) is 10.0 Å². The molecule has 6 rings (SSSR count). The van der Waals surface area contributed by atoms with Crippen molar-refractivity contribution in [3.8, 4) is 11.3 Å². The Kier molecular flexibility index (Phi) is 6.60. The van der Waals surface area contributed by atoms with Crippen molar-refractivity contribution in [2.24, 2.45) is 5.92 Å². The van der Waals surface area contributed by atoms with E-state index in [4.69, 9.17) is 32.5 Å². The number of hydrogen-bond acceptors (Lipinski definition) is 8. The number of fused-ring (bicyclic) bond motifs is 2. The largest absolute Gasteiger partial charge is 0.458 e. The summed E-state index contributed by atoms with van der Waals surface area (Å²) < 4.78 is 36.3. The summed E-state index contributed by atoms with van der Waals surface area (Å²) in [5.41, 5.74) is 2.25. The van der Waals surface area contributed by atoms with Gasteiger partial charge in [0, 0.05) is 47.7 Å². The minimum Gasteiger partial charge on any atom is -0.458 e. The number of ether oxygens (including phenoxy) is 1. The molecule has 1 N–H and O–H groups in total. The summed E-state index contributed by atoms with van der Waals surface area (Å²) >= 11 is 12.8. The Morgan fingerprint density at radius 1 is 1.08 bits per heavy atom. The summed E-state index contributed by atoms with van der Waals surface area (Å²) in [7, 11) is -3.64. The Morgan fingerprint density at radius 2 is 1.77 bits per heavy atom.